The van der Waals surface area contributed by atoms with Gasteiger partial charge in [0.2, 0.25) is 0 Å². The molecule has 0 heterocycles. The molecule has 0 aromatic heterocycles. The zero-order valence-electron chi connectivity index (χ0n) is 16.2. The minimum Gasteiger partial charge on any atom is -0.508 e. The predicted molar refractivity (Wildman–Crippen MR) is 110 cm³/mol. The van der Waals surface area contributed by atoms with Gasteiger partial charge in [-0.3, -0.25) is 0 Å². The molecule has 0 spiro atoms. The zero-order valence-corrected chi connectivity index (χ0v) is 16.2. The smallest absolute Gasteiger partial charge is 0.126 e. The van der Waals surface area contributed by atoms with Crippen LogP contribution in [-0.2, 0) is 12.8 Å². The molecule has 0 aliphatic heterocycles. The number of halogens is 1. The highest BCUT2D eigenvalue weighted by Crippen LogP contribution is 2.48. The summed E-state index contributed by atoms with van der Waals surface area (Å²) in [6.45, 7) is 2.21. The van der Waals surface area contributed by atoms with Gasteiger partial charge in [0.15, 0.2) is 0 Å². The van der Waals surface area contributed by atoms with Crippen LogP contribution in [0.3, 0.4) is 0 Å². The van der Waals surface area contributed by atoms with Gasteiger partial charge in [-0.15, -0.1) is 0 Å². The summed E-state index contributed by atoms with van der Waals surface area (Å²) >= 11 is 0. The molecular weight excluding hydrogens is 351 g/mol. The maximum atomic E-state index is 14.4. The number of rotatable bonds is 4. The van der Waals surface area contributed by atoms with Crippen molar-refractivity contribution in [1.82, 2.24) is 0 Å². The van der Waals surface area contributed by atoms with Crippen LogP contribution >= 0.6 is 0 Å². The van der Waals surface area contributed by atoms with Gasteiger partial charge in [0.1, 0.15) is 17.3 Å². The monoisotopic (exact) mass is 378 g/mol. The Morgan fingerprint density at radius 2 is 1.93 bits per heavy atom. The van der Waals surface area contributed by atoms with Gasteiger partial charge in [0.05, 0.1) is 0 Å². The van der Waals surface area contributed by atoms with Crippen LogP contribution in [0.2, 0.25) is 0 Å². The predicted octanol–water partition coefficient (Wildman–Crippen LogP) is 6.07. The second-order valence-electron chi connectivity index (χ2n) is 8.11. The zero-order chi connectivity index (χ0) is 19.7. The van der Waals surface area contributed by atoms with Gasteiger partial charge in [0, 0.05) is 0 Å². The summed E-state index contributed by atoms with van der Waals surface area (Å²) in [5.74, 6) is 1.80. The fourth-order valence-electron chi connectivity index (χ4n) is 5.21. The van der Waals surface area contributed by atoms with Crippen molar-refractivity contribution in [2.75, 3.05) is 0 Å². The highest BCUT2D eigenvalue weighted by atomic mass is 19.1. The van der Waals surface area contributed by atoms with E-state index in [0.29, 0.717) is 29.9 Å². The summed E-state index contributed by atoms with van der Waals surface area (Å²) in [5, 5.41) is 19.8. The Balaban J connectivity index is 1.74. The maximum Gasteiger partial charge on any atom is 0.126 e. The Hall–Kier alpha value is -2.55. The third-order valence-corrected chi connectivity index (χ3v) is 6.58. The molecule has 2 aromatic rings. The molecule has 28 heavy (non-hydrogen) atoms. The number of allylic oxidation sites excluding steroid dienone is 3. The average Bonchev–Trinajstić information content (AvgIpc) is 2.70. The van der Waals surface area contributed by atoms with Crippen LogP contribution < -0.4 is 0 Å². The van der Waals surface area contributed by atoms with E-state index in [1.807, 2.05) is 30.3 Å². The fourth-order valence-corrected chi connectivity index (χ4v) is 5.21. The van der Waals surface area contributed by atoms with E-state index in [9.17, 15) is 14.6 Å². The lowest BCUT2D eigenvalue weighted by atomic mass is 9.61. The van der Waals surface area contributed by atoms with Crippen molar-refractivity contribution < 1.29 is 14.6 Å². The van der Waals surface area contributed by atoms with E-state index in [-0.39, 0.29) is 17.5 Å². The van der Waals surface area contributed by atoms with Crippen molar-refractivity contribution in [3.63, 3.8) is 0 Å². The van der Waals surface area contributed by atoms with Gasteiger partial charge in [-0.05, 0) is 90.0 Å². The number of hydrogen-bond acceptors (Lipinski definition) is 2. The minimum atomic E-state index is -0.161. The standard InChI is InChI=1S/C25H27FO2/c1-2-21-22(16-7-10-19(27)11-8-16)13-17-9-12-20(28)15-23(17)24(21)14-18-5-3-4-6-25(18)26/h3-7,9-12,15-16,21-22,24,27-28H,2,8,13-14H2,1H3/t16?,21-,22+,24-/m1/s1. The lowest BCUT2D eigenvalue weighted by molar-refractivity contribution is 0.193. The maximum absolute atomic E-state index is 14.4. The van der Waals surface area contributed by atoms with Gasteiger partial charge in [0.25, 0.3) is 0 Å². The number of fused-ring (bicyclic) bond motifs is 1. The summed E-state index contributed by atoms with van der Waals surface area (Å²) in [7, 11) is 0. The molecule has 2 N–H and O–H groups in total. The van der Waals surface area contributed by atoms with Crippen LogP contribution in [0.25, 0.3) is 0 Å². The van der Waals surface area contributed by atoms with E-state index in [0.717, 1.165) is 30.4 Å². The lowest BCUT2D eigenvalue weighted by Crippen LogP contribution is -2.35. The molecule has 0 amide bonds. The SMILES string of the molecule is CC[C@H]1[C@@H](Cc2ccccc2F)c2cc(O)ccc2C[C@H]1C1C=CC(O)=CC1. The van der Waals surface area contributed by atoms with Crippen molar-refractivity contribution in [2.24, 2.45) is 17.8 Å². The van der Waals surface area contributed by atoms with Crippen LogP contribution in [0.4, 0.5) is 4.39 Å². The molecule has 1 unspecified atom stereocenters. The molecule has 0 fully saturated rings. The quantitative estimate of drug-likeness (QED) is 0.677. The first kappa shape index (κ1) is 18.8. The van der Waals surface area contributed by atoms with Crippen molar-refractivity contribution in [3.05, 3.63) is 89.0 Å². The molecule has 0 radical (unpaired) electrons. The van der Waals surface area contributed by atoms with E-state index in [1.54, 1.807) is 18.2 Å². The summed E-state index contributed by atoms with van der Waals surface area (Å²) in [4.78, 5) is 0. The third kappa shape index (κ3) is 3.58. The van der Waals surface area contributed by atoms with E-state index < -0.39 is 0 Å². The molecule has 0 saturated carbocycles. The Bertz CT molecular complexity index is 915. The Morgan fingerprint density at radius 3 is 2.64 bits per heavy atom. The first-order chi connectivity index (χ1) is 13.6. The number of aliphatic hydroxyl groups is 1. The lowest BCUT2D eigenvalue weighted by Gasteiger charge is -2.43. The summed E-state index contributed by atoms with van der Waals surface area (Å²) in [6, 6.07) is 12.7. The van der Waals surface area contributed by atoms with Crippen LogP contribution in [0, 0.1) is 23.6 Å². The van der Waals surface area contributed by atoms with Crippen LogP contribution in [-0.4, -0.2) is 10.2 Å². The second-order valence-corrected chi connectivity index (χ2v) is 8.11. The molecule has 2 aromatic carbocycles. The normalized spacial score (nSPS) is 26.6. The highest BCUT2D eigenvalue weighted by molar-refractivity contribution is 5.41. The van der Waals surface area contributed by atoms with Crippen LogP contribution in [0.1, 0.15) is 42.4 Å². The van der Waals surface area contributed by atoms with Gasteiger partial charge in [-0.1, -0.05) is 43.7 Å². The average molecular weight is 378 g/mol. The molecule has 0 saturated heterocycles. The van der Waals surface area contributed by atoms with E-state index >= 15 is 0 Å². The number of phenols is 1. The van der Waals surface area contributed by atoms with Gasteiger partial charge in [-0.2, -0.15) is 0 Å². The van der Waals surface area contributed by atoms with Crippen LogP contribution in [0.15, 0.2) is 66.5 Å². The van der Waals surface area contributed by atoms with Gasteiger partial charge < -0.3 is 10.2 Å². The molecular formula is C25H27FO2. The first-order valence-corrected chi connectivity index (χ1v) is 10.2. The van der Waals surface area contributed by atoms with E-state index in [4.69, 9.17) is 0 Å². The highest BCUT2D eigenvalue weighted by Gasteiger charge is 2.39. The van der Waals surface area contributed by atoms with Crippen molar-refractivity contribution in [2.45, 2.75) is 38.5 Å². The molecule has 0 bridgehead atoms. The number of aromatic hydroxyl groups is 1. The number of hydrogen-bond donors (Lipinski definition) is 2. The Kier molecular flexibility index (Phi) is 5.25. The largest absolute Gasteiger partial charge is 0.508 e. The Morgan fingerprint density at radius 1 is 1.11 bits per heavy atom. The summed E-state index contributed by atoms with van der Waals surface area (Å²) < 4.78 is 14.4. The Labute approximate surface area is 166 Å². The molecule has 4 atom stereocenters. The molecule has 2 aliphatic rings. The van der Waals surface area contributed by atoms with Gasteiger partial charge >= 0.3 is 0 Å². The summed E-state index contributed by atoms with van der Waals surface area (Å²) in [6.07, 6.45) is 9.26. The molecule has 2 nitrogen and oxygen atoms in total. The van der Waals surface area contributed by atoms with Crippen molar-refractivity contribution in [1.29, 1.82) is 0 Å². The molecule has 2 aliphatic carbocycles. The third-order valence-electron chi connectivity index (χ3n) is 6.58. The van der Waals surface area contributed by atoms with E-state index in [2.05, 4.69) is 13.0 Å². The number of aliphatic hydroxyl groups excluding tert-OH is 1. The van der Waals surface area contributed by atoms with Crippen LogP contribution in [0.5, 0.6) is 5.75 Å². The second kappa shape index (κ2) is 7.83. The number of benzene rings is 2. The molecule has 146 valence electrons. The fraction of sp³-hybridized carbons (Fsp3) is 0.360. The number of phenolic OH excluding ortho intramolecular Hbond substituents is 1. The summed E-state index contributed by atoms with van der Waals surface area (Å²) in [5.41, 5.74) is 3.14. The molecule has 4 rings (SSSR count). The molecule has 3 heteroatoms. The van der Waals surface area contributed by atoms with Crippen molar-refractivity contribution >= 4 is 0 Å². The first-order valence-electron chi connectivity index (χ1n) is 10.2. The van der Waals surface area contributed by atoms with E-state index in [1.165, 1.54) is 11.6 Å². The topological polar surface area (TPSA) is 40.5 Å². The van der Waals surface area contributed by atoms with Gasteiger partial charge in [-0.25, -0.2) is 4.39 Å². The van der Waals surface area contributed by atoms with Crippen molar-refractivity contribution in [3.8, 4) is 5.75 Å². The minimum absolute atomic E-state index is 0.161.